The molecular weight excluding hydrogens is 171 g/mol. The minimum absolute atomic E-state index is 0.228. The third-order valence-corrected chi connectivity index (χ3v) is 1.33. The molecule has 0 atom stereocenters. The van der Waals surface area contributed by atoms with Crippen molar-refractivity contribution in [2.24, 2.45) is 0 Å². The Morgan fingerprint density at radius 3 is 2.55 bits per heavy atom. The fourth-order valence-electron chi connectivity index (χ4n) is 0.622. The van der Waals surface area contributed by atoms with E-state index in [9.17, 15) is 0 Å². The summed E-state index contributed by atoms with van der Waals surface area (Å²) in [5.41, 5.74) is 0.389. The fraction of sp³-hybridized carbons (Fsp3) is 0. The number of aromatic nitrogens is 7. The molecule has 2 N–H and O–H groups in total. The fourth-order valence-corrected chi connectivity index (χ4v) is 0.787. The number of H-pyrrole nitrogens is 2. The molecule has 2 aromatic heterocycles. The molecule has 8 heteroatoms. The van der Waals surface area contributed by atoms with Crippen LogP contribution in [-0.4, -0.2) is 36.0 Å². The van der Waals surface area contributed by atoms with Crippen LogP contribution in [0, 0.1) is 0 Å². The molecule has 2 rings (SSSR count). The molecule has 0 saturated heterocycles. The number of hydrogen-bond donors (Lipinski definition) is 2. The average molecular weight is 173 g/mol. The van der Waals surface area contributed by atoms with Crippen LogP contribution in [0.2, 0.25) is 5.15 Å². The maximum atomic E-state index is 5.60. The van der Waals surface area contributed by atoms with E-state index in [1.165, 1.54) is 0 Å². The quantitative estimate of drug-likeness (QED) is 0.612. The molecular formula is C3H2ClN7. The normalized spacial score (nSPS) is 10.3. The highest BCUT2D eigenvalue weighted by molar-refractivity contribution is 6.31. The van der Waals surface area contributed by atoms with Crippen LogP contribution < -0.4 is 0 Å². The Labute approximate surface area is 65.2 Å². The lowest BCUT2D eigenvalue weighted by Gasteiger charge is -1.81. The molecule has 0 aliphatic carbocycles. The van der Waals surface area contributed by atoms with Gasteiger partial charge in [-0.2, -0.15) is 15.5 Å². The number of nitrogens with zero attached hydrogens (tertiary/aromatic N) is 5. The summed E-state index contributed by atoms with van der Waals surface area (Å²) in [6.07, 6.45) is 0. The van der Waals surface area contributed by atoms with Gasteiger partial charge < -0.3 is 0 Å². The second kappa shape index (κ2) is 2.27. The van der Waals surface area contributed by atoms with E-state index >= 15 is 0 Å². The highest BCUT2D eigenvalue weighted by Crippen LogP contribution is 2.17. The van der Waals surface area contributed by atoms with Gasteiger partial charge in [0, 0.05) is 0 Å². The Morgan fingerprint density at radius 2 is 2.00 bits per heavy atom. The average Bonchev–Trinajstić information content (AvgIpc) is 2.55. The molecule has 2 heterocycles. The summed E-state index contributed by atoms with van der Waals surface area (Å²) in [6.45, 7) is 0. The van der Waals surface area contributed by atoms with Crippen LogP contribution in [0.4, 0.5) is 0 Å². The van der Waals surface area contributed by atoms with E-state index in [4.69, 9.17) is 11.6 Å². The number of aromatic amines is 2. The van der Waals surface area contributed by atoms with Crippen LogP contribution in [0.15, 0.2) is 0 Å². The van der Waals surface area contributed by atoms with Gasteiger partial charge >= 0.3 is 0 Å². The van der Waals surface area contributed by atoms with Gasteiger partial charge in [-0.1, -0.05) is 11.6 Å². The van der Waals surface area contributed by atoms with Gasteiger partial charge in [-0.3, -0.25) is 0 Å². The number of halogens is 1. The third kappa shape index (κ3) is 0.944. The summed E-state index contributed by atoms with van der Waals surface area (Å²) in [5.74, 6) is 0.323. The van der Waals surface area contributed by atoms with Crippen molar-refractivity contribution in [3.63, 3.8) is 0 Å². The van der Waals surface area contributed by atoms with E-state index in [1.807, 2.05) is 0 Å². The first kappa shape index (κ1) is 6.23. The summed E-state index contributed by atoms with van der Waals surface area (Å²) in [6, 6.07) is 0. The van der Waals surface area contributed by atoms with Crippen molar-refractivity contribution in [2.75, 3.05) is 0 Å². The number of nitrogens with one attached hydrogen (secondary N) is 2. The van der Waals surface area contributed by atoms with E-state index in [2.05, 4.69) is 36.0 Å². The van der Waals surface area contributed by atoms with Crippen LogP contribution in [0.3, 0.4) is 0 Å². The van der Waals surface area contributed by atoms with Crippen molar-refractivity contribution in [3.05, 3.63) is 5.15 Å². The maximum absolute atomic E-state index is 5.60. The zero-order valence-corrected chi connectivity index (χ0v) is 5.87. The Balaban J connectivity index is 2.53. The largest absolute Gasteiger partial charge is 0.228 e. The Bertz CT molecular complexity index is 336. The molecule has 0 amide bonds. The Morgan fingerprint density at radius 1 is 1.09 bits per heavy atom. The molecule has 56 valence electrons. The van der Waals surface area contributed by atoms with Gasteiger partial charge in [0.25, 0.3) is 0 Å². The first-order valence-corrected chi connectivity index (χ1v) is 3.06. The van der Waals surface area contributed by atoms with E-state index in [1.54, 1.807) is 0 Å². The maximum Gasteiger partial charge on any atom is 0.228 e. The van der Waals surface area contributed by atoms with Gasteiger partial charge in [0.2, 0.25) is 5.82 Å². The monoisotopic (exact) mass is 172 g/mol. The molecule has 0 aliphatic rings. The highest BCUT2D eigenvalue weighted by atomic mass is 35.5. The van der Waals surface area contributed by atoms with E-state index < -0.39 is 0 Å². The van der Waals surface area contributed by atoms with Crippen molar-refractivity contribution in [2.45, 2.75) is 0 Å². The minimum atomic E-state index is 0.228. The number of rotatable bonds is 1. The third-order valence-electron chi connectivity index (χ3n) is 1.06. The SMILES string of the molecule is Clc1n[nH]nc1-c1nn[nH][15n]1. The number of hydrogen-bond acceptors (Lipinski definition) is 5. The molecule has 0 saturated carbocycles. The van der Waals surface area contributed by atoms with E-state index in [0.29, 0.717) is 11.5 Å². The van der Waals surface area contributed by atoms with Crippen molar-refractivity contribution in [3.8, 4) is 11.5 Å². The Kier molecular flexibility index (Phi) is 1.29. The Hall–Kier alpha value is -1.50. The standard InChI is InChI=1S/C3H2ClN7/c4-2-1(5-9-6-2)3-7-10-11-8-3/h(H,5,6,9)(H,7,8,10,11)/i7+1. The van der Waals surface area contributed by atoms with Gasteiger partial charge in [-0.25, -0.2) is 0 Å². The lowest BCUT2D eigenvalue weighted by molar-refractivity contribution is 0.881. The van der Waals surface area contributed by atoms with Crippen LogP contribution >= 0.6 is 11.6 Å². The van der Waals surface area contributed by atoms with Crippen molar-refractivity contribution < 1.29 is 0 Å². The molecule has 7 nitrogen and oxygen atoms in total. The lowest BCUT2D eigenvalue weighted by atomic mass is 10.5. The lowest BCUT2D eigenvalue weighted by Crippen LogP contribution is -1.81. The molecule has 0 unspecified atom stereocenters. The summed E-state index contributed by atoms with van der Waals surface area (Å²) >= 11 is 5.60. The number of tetrazole rings is 1. The zero-order chi connectivity index (χ0) is 7.68. The van der Waals surface area contributed by atoms with Crippen LogP contribution in [-0.2, 0) is 0 Å². The molecule has 0 bridgehead atoms. The van der Waals surface area contributed by atoms with Gasteiger partial charge in [0.15, 0.2) is 10.8 Å². The second-order valence-electron chi connectivity index (χ2n) is 1.70. The zero-order valence-electron chi connectivity index (χ0n) is 5.11. The smallest absolute Gasteiger partial charge is 0.196 e. The summed E-state index contributed by atoms with van der Waals surface area (Å²) in [4.78, 5) is 0. The predicted molar refractivity (Wildman–Crippen MR) is 34.6 cm³/mol. The summed E-state index contributed by atoms with van der Waals surface area (Å²) in [5, 5.41) is 22.8. The molecule has 0 spiro atoms. The summed E-state index contributed by atoms with van der Waals surface area (Å²) < 4.78 is 0. The first-order chi connectivity index (χ1) is 5.38. The van der Waals surface area contributed by atoms with Crippen molar-refractivity contribution in [1.29, 1.82) is 0 Å². The van der Waals surface area contributed by atoms with Gasteiger partial charge in [0.05, 0.1) is 0 Å². The van der Waals surface area contributed by atoms with Gasteiger partial charge in [-0.05, 0) is 5.21 Å². The molecule has 2 aromatic rings. The first-order valence-electron chi connectivity index (χ1n) is 2.68. The van der Waals surface area contributed by atoms with Gasteiger partial charge in [-0.15, -0.1) is 15.3 Å². The second-order valence-corrected chi connectivity index (χ2v) is 2.06. The molecule has 0 aromatic carbocycles. The van der Waals surface area contributed by atoms with Crippen LogP contribution in [0.5, 0.6) is 0 Å². The van der Waals surface area contributed by atoms with Crippen LogP contribution in [0.1, 0.15) is 0 Å². The van der Waals surface area contributed by atoms with E-state index in [-0.39, 0.29) is 5.15 Å². The topological polar surface area (TPSA) is 96.0 Å². The van der Waals surface area contributed by atoms with Crippen LogP contribution in [0.25, 0.3) is 11.5 Å². The predicted octanol–water partition coefficient (Wildman–Crippen LogP) is -0.362. The highest BCUT2D eigenvalue weighted by Gasteiger charge is 2.11. The van der Waals surface area contributed by atoms with Crippen molar-refractivity contribution >= 4 is 11.6 Å². The minimum Gasteiger partial charge on any atom is -0.196 e. The van der Waals surface area contributed by atoms with Gasteiger partial charge in [0.1, 0.15) is 0 Å². The molecule has 0 aliphatic heterocycles. The molecule has 0 fully saturated rings. The molecule has 0 radical (unpaired) electrons. The van der Waals surface area contributed by atoms with Crippen molar-refractivity contribution in [1.82, 2.24) is 36.0 Å². The molecule has 11 heavy (non-hydrogen) atoms. The van der Waals surface area contributed by atoms with E-state index in [0.717, 1.165) is 0 Å². The summed E-state index contributed by atoms with van der Waals surface area (Å²) in [7, 11) is 0.